The Morgan fingerprint density at radius 2 is 1.92 bits per heavy atom. The number of amidine groups is 1. The first-order valence-electron chi connectivity index (χ1n) is 11.0. The van der Waals surface area contributed by atoms with Crippen LogP contribution in [0.5, 0.6) is 11.5 Å². The number of halogens is 1. The fourth-order valence-corrected chi connectivity index (χ4v) is 5.85. The molecule has 10 nitrogen and oxygen atoms in total. The average molecular weight is 583 g/mol. The molecule has 2 heterocycles. The summed E-state index contributed by atoms with van der Waals surface area (Å²) in [4.78, 5) is 35.5. The van der Waals surface area contributed by atoms with Crippen molar-refractivity contribution in [3.05, 3.63) is 92.7 Å². The summed E-state index contributed by atoms with van der Waals surface area (Å²) >= 11 is 3.43. The molecule has 5 rings (SSSR count). The number of hydrogen-bond acceptors (Lipinski definition) is 6. The summed E-state index contributed by atoms with van der Waals surface area (Å²) < 4.78 is 24.7. The van der Waals surface area contributed by atoms with E-state index in [1.54, 1.807) is 24.3 Å². The highest BCUT2D eigenvalue weighted by molar-refractivity contribution is 9.10. The molecule has 0 spiro atoms. The van der Waals surface area contributed by atoms with E-state index in [2.05, 4.69) is 26.0 Å². The second kappa shape index (κ2) is 9.51. The van der Waals surface area contributed by atoms with Gasteiger partial charge >= 0.3 is 7.52 Å². The number of carbonyl (C=O) groups is 1. The second-order valence-electron chi connectivity index (χ2n) is 8.31. The quantitative estimate of drug-likeness (QED) is 0.254. The summed E-state index contributed by atoms with van der Waals surface area (Å²) in [5.74, 6) is -1.14. The highest BCUT2D eigenvalue weighted by Gasteiger charge is 2.33. The third-order valence-corrected chi connectivity index (χ3v) is 7.73. The van der Waals surface area contributed by atoms with Crippen molar-refractivity contribution in [1.82, 2.24) is 4.57 Å². The van der Waals surface area contributed by atoms with Crippen molar-refractivity contribution in [3.8, 4) is 11.5 Å². The molecule has 3 aromatic carbocycles. The van der Waals surface area contributed by atoms with E-state index in [-0.39, 0.29) is 40.4 Å². The highest BCUT2D eigenvalue weighted by Crippen LogP contribution is 2.47. The van der Waals surface area contributed by atoms with Crippen LogP contribution in [0, 0.1) is 0 Å². The van der Waals surface area contributed by atoms with Crippen molar-refractivity contribution in [2.45, 2.75) is 6.54 Å². The van der Waals surface area contributed by atoms with Gasteiger partial charge in [0, 0.05) is 9.86 Å². The summed E-state index contributed by atoms with van der Waals surface area (Å²) in [7, 11) is -4.40. The van der Waals surface area contributed by atoms with Crippen molar-refractivity contribution < 1.29 is 24.1 Å². The molecule has 0 aliphatic carbocycles. The van der Waals surface area contributed by atoms with Gasteiger partial charge in [0.25, 0.3) is 11.5 Å². The minimum absolute atomic E-state index is 0.0760. The smallest absolute Gasteiger partial charge is 0.346 e. The minimum atomic E-state index is -4.40. The van der Waals surface area contributed by atoms with Crippen LogP contribution >= 0.6 is 23.4 Å². The van der Waals surface area contributed by atoms with Gasteiger partial charge in [0.1, 0.15) is 17.1 Å². The highest BCUT2D eigenvalue weighted by atomic mass is 79.9. The monoisotopic (exact) mass is 582 g/mol. The summed E-state index contributed by atoms with van der Waals surface area (Å²) in [5, 5.41) is 14.3. The Bertz CT molecular complexity index is 1720. The van der Waals surface area contributed by atoms with Gasteiger partial charge in [0.05, 0.1) is 23.1 Å². The number of pyridine rings is 1. The van der Waals surface area contributed by atoms with Crippen LogP contribution in [0.3, 0.4) is 0 Å². The largest absolute Gasteiger partial charge is 0.506 e. The van der Waals surface area contributed by atoms with E-state index in [9.17, 15) is 24.2 Å². The zero-order chi connectivity index (χ0) is 26.3. The molecule has 0 fully saturated rings. The van der Waals surface area contributed by atoms with Gasteiger partial charge in [0.15, 0.2) is 12.4 Å². The van der Waals surface area contributed by atoms with Crippen LogP contribution in [0.2, 0.25) is 0 Å². The third kappa shape index (κ3) is 4.76. The number of aromatic nitrogens is 1. The lowest BCUT2D eigenvalue weighted by atomic mass is 10.1. The Morgan fingerprint density at radius 1 is 1.14 bits per heavy atom. The maximum atomic E-state index is 13.8. The molecule has 1 aliphatic heterocycles. The Morgan fingerprint density at radius 3 is 2.68 bits per heavy atom. The maximum absolute atomic E-state index is 13.8. The number of hydrogen-bond donors (Lipinski definition) is 4. The van der Waals surface area contributed by atoms with Crippen LogP contribution in [-0.2, 0) is 15.9 Å². The van der Waals surface area contributed by atoms with Gasteiger partial charge in [-0.25, -0.2) is 0 Å². The number of fused-ring (bicyclic) bond motifs is 2. The fourth-order valence-electron chi connectivity index (χ4n) is 4.13. The van der Waals surface area contributed by atoms with Crippen molar-refractivity contribution >= 4 is 57.1 Å². The number of rotatable bonds is 6. The minimum Gasteiger partial charge on any atom is -0.506 e. The molecule has 1 unspecified atom stereocenters. The SMILES string of the molecule is NC(=O)COc1ccc2c(c1)P(=O)(O)N=C(c1c(O)c3ccccc3n(Cc3cccc(Br)c3)c1=O)N2. The van der Waals surface area contributed by atoms with E-state index in [0.29, 0.717) is 10.9 Å². The Balaban J connectivity index is 1.64. The molecule has 1 aliphatic rings. The molecule has 0 saturated heterocycles. The lowest BCUT2D eigenvalue weighted by Crippen LogP contribution is -2.33. The molecule has 12 heteroatoms. The number of nitrogens with one attached hydrogen (secondary N) is 1. The van der Waals surface area contributed by atoms with Crippen LogP contribution in [-0.4, -0.2) is 32.9 Å². The van der Waals surface area contributed by atoms with Gasteiger partial charge in [-0.3, -0.25) is 14.2 Å². The first-order valence-corrected chi connectivity index (χ1v) is 13.4. The number of nitrogens with zero attached hydrogens (tertiary/aromatic N) is 2. The number of aromatic hydroxyl groups is 1. The number of anilines is 1. The number of primary amides is 1. The van der Waals surface area contributed by atoms with Gasteiger partial charge in [0.2, 0.25) is 0 Å². The molecular formula is C25H20BrN4O6P. The van der Waals surface area contributed by atoms with E-state index in [4.69, 9.17) is 10.5 Å². The van der Waals surface area contributed by atoms with Gasteiger partial charge in [-0.15, -0.1) is 0 Å². The summed E-state index contributed by atoms with van der Waals surface area (Å²) in [6.07, 6.45) is 0. The zero-order valence-corrected chi connectivity index (χ0v) is 21.6. The van der Waals surface area contributed by atoms with Gasteiger partial charge in [-0.05, 0) is 48.0 Å². The number of nitrogens with two attached hydrogens (primary N) is 1. The van der Waals surface area contributed by atoms with E-state index in [1.807, 2.05) is 24.3 Å². The molecule has 4 aromatic rings. The third-order valence-electron chi connectivity index (χ3n) is 5.77. The molecule has 5 N–H and O–H groups in total. The van der Waals surface area contributed by atoms with Crippen LogP contribution in [0.1, 0.15) is 11.1 Å². The second-order valence-corrected chi connectivity index (χ2v) is 11.0. The zero-order valence-electron chi connectivity index (χ0n) is 19.1. The summed E-state index contributed by atoms with van der Waals surface area (Å²) in [6, 6.07) is 18.5. The van der Waals surface area contributed by atoms with E-state index < -0.39 is 25.6 Å². The summed E-state index contributed by atoms with van der Waals surface area (Å²) in [5.41, 5.74) is 5.79. The molecule has 1 amide bonds. The number of amides is 1. The summed E-state index contributed by atoms with van der Waals surface area (Å²) in [6.45, 7) is -0.216. The Kier molecular flexibility index (Phi) is 6.36. The Hall–Kier alpha value is -3.92. The predicted molar refractivity (Wildman–Crippen MR) is 144 cm³/mol. The molecular weight excluding hydrogens is 563 g/mol. The van der Waals surface area contributed by atoms with Crippen LogP contribution in [0.25, 0.3) is 10.9 Å². The van der Waals surface area contributed by atoms with Crippen molar-refractivity contribution in [3.63, 3.8) is 0 Å². The molecule has 0 bridgehead atoms. The standard InChI is InChI=1S/C25H20BrN4O6P/c26-15-5-3-4-14(10-15)12-30-19-7-2-1-6-17(19)23(32)22(25(30)33)24-28-18-9-8-16(36-13-21(27)31)11-20(18)37(34,35)29-24/h1-11,32H,12-13H2,(H2,27,31)(H2,28,29,34,35). The van der Waals surface area contributed by atoms with E-state index in [1.165, 1.54) is 22.8 Å². The normalized spacial score (nSPS) is 16.5. The van der Waals surface area contributed by atoms with Crippen molar-refractivity contribution in [2.75, 3.05) is 11.9 Å². The Labute approximate surface area is 218 Å². The topological polar surface area (TPSA) is 156 Å². The molecule has 37 heavy (non-hydrogen) atoms. The number of carbonyl (C=O) groups excluding carboxylic acids is 1. The van der Waals surface area contributed by atoms with Crippen LogP contribution in [0.15, 0.2) is 80.8 Å². The number of benzene rings is 3. The molecule has 0 radical (unpaired) electrons. The molecule has 1 aromatic heterocycles. The predicted octanol–water partition coefficient (Wildman–Crippen LogP) is 3.07. The van der Waals surface area contributed by atoms with Gasteiger partial charge < -0.3 is 30.4 Å². The molecule has 188 valence electrons. The maximum Gasteiger partial charge on any atom is 0.346 e. The van der Waals surface area contributed by atoms with Crippen molar-refractivity contribution in [1.29, 1.82) is 0 Å². The first kappa shape index (κ1) is 24.8. The van der Waals surface area contributed by atoms with Gasteiger partial charge in [-0.1, -0.05) is 40.2 Å². The first-order chi connectivity index (χ1) is 17.6. The van der Waals surface area contributed by atoms with Crippen molar-refractivity contribution in [2.24, 2.45) is 10.5 Å². The van der Waals surface area contributed by atoms with Crippen LogP contribution in [0.4, 0.5) is 5.69 Å². The molecule has 1 atom stereocenters. The lowest BCUT2D eigenvalue weighted by molar-refractivity contribution is -0.119. The van der Waals surface area contributed by atoms with Crippen LogP contribution < -0.4 is 26.7 Å². The number of ether oxygens (including phenoxy) is 1. The molecule has 0 saturated carbocycles. The fraction of sp³-hybridized carbons (Fsp3) is 0.0800. The van der Waals surface area contributed by atoms with E-state index in [0.717, 1.165) is 10.0 Å². The lowest BCUT2D eigenvalue weighted by Gasteiger charge is -2.23. The van der Waals surface area contributed by atoms with Gasteiger partial charge in [-0.2, -0.15) is 4.76 Å². The number of para-hydroxylation sites is 1. The van der Waals surface area contributed by atoms with E-state index >= 15 is 0 Å². The average Bonchev–Trinajstić information content (AvgIpc) is 2.85.